The lowest BCUT2D eigenvalue weighted by molar-refractivity contribution is -0.386. The fourth-order valence-electron chi connectivity index (χ4n) is 2.39. The van der Waals surface area contributed by atoms with Gasteiger partial charge in [0.15, 0.2) is 0 Å². The Bertz CT molecular complexity index is 496. The zero-order chi connectivity index (χ0) is 14.0. The Kier molecular flexibility index (Phi) is 8.28. The summed E-state index contributed by atoms with van der Waals surface area (Å²) in [6, 6.07) is 2.44. The molecule has 9 heteroatoms. The van der Waals surface area contributed by atoms with Crippen LogP contribution < -0.4 is 5.32 Å². The highest BCUT2D eigenvalue weighted by Gasteiger charge is 2.29. The topological polar surface area (TPSA) is 78.6 Å². The summed E-state index contributed by atoms with van der Waals surface area (Å²) in [4.78, 5) is 12.7. The van der Waals surface area contributed by atoms with Crippen molar-refractivity contribution in [2.24, 2.45) is 0 Å². The Morgan fingerprint density at radius 2 is 1.95 bits per heavy atom. The number of rotatable bonds is 3. The van der Waals surface area contributed by atoms with E-state index < -0.39 is 4.92 Å². The van der Waals surface area contributed by atoms with Gasteiger partial charge in [-0.1, -0.05) is 11.6 Å². The van der Waals surface area contributed by atoms with Gasteiger partial charge in [0.1, 0.15) is 5.75 Å². The van der Waals surface area contributed by atoms with E-state index in [9.17, 15) is 15.2 Å². The summed E-state index contributed by atoms with van der Waals surface area (Å²) < 4.78 is 0. The Labute approximate surface area is 140 Å². The third-order valence-corrected chi connectivity index (χ3v) is 3.76. The van der Waals surface area contributed by atoms with E-state index >= 15 is 0 Å². The van der Waals surface area contributed by atoms with Gasteiger partial charge in [-0.15, -0.1) is 24.8 Å². The van der Waals surface area contributed by atoms with E-state index in [0.29, 0.717) is 5.56 Å². The summed E-state index contributed by atoms with van der Waals surface area (Å²) in [6.07, 6.45) is 0. The van der Waals surface area contributed by atoms with Gasteiger partial charge in [-0.2, -0.15) is 0 Å². The van der Waals surface area contributed by atoms with Gasteiger partial charge in [0.25, 0.3) is 5.69 Å². The van der Waals surface area contributed by atoms with Crippen molar-refractivity contribution in [3.8, 4) is 5.75 Å². The van der Waals surface area contributed by atoms with E-state index in [1.54, 1.807) is 0 Å². The van der Waals surface area contributed by atoms with Gasteiger partial charge in [0.2, 0.25) is 0 Å². The molecule has 1 aliphatic heterocycles. The number of nitrogens with zero attached hydrogens (tertiary/aromatic N) is 2. The molecule has 0 radical (unpaired) electrons. The summed E-state index contributed by atoms with van der Waals surface area (Å²) in [7, 11) is 0. The zero-order valence-electron chi connectivity index (χ0n) is 11.4. The van der Waals surface area contributed by atoms with Crippen LogP contribution in [0.1, 0.15) is 18.5 Å². The SMILES string of the molecule is C[C@@H](c1c([N+](=O)[O-])ccc(Cl)c1O)N1CCNCC1.Cl.Cl. The average Bonchev–Trinajstić information content (AvgIpc) is 2.41. The first-order valence-corrected chi connectivity index (χ1v) is 6.50. The van der Waals surface area contributed by atoms with E-state index in [1.807, 2.05) is 6.92 Å². The normalized spacial score (nSPS) is 16.5. The van der Waals surface area contributed by atoms with Gasteiger partial charge >= 0.3 is 0 Å². The molecule has 21 heavy (non-hydrogen) atoms. The Hall–Kier alpha value is -0.790. The highest BCUT2D eigenvalue weighted by atomic mass is 35.5. The Morgan fingerprint density at radius 3 is 2.48 bits per heavy atom. The van der Waals surface area contributed by atoms with E-state index in [1.165, 1.54) is 12.1 Å². The van der Waals surface area contributed by atoms with Crippen molar-refractivity contribution in [1.29, 1.82) is 0 Å². The van der Waals surface area contributed by atoms with Crippen molar-refractivity contribution in [2.45, 2.75) is 13.0 Å². The largest absolute Gasteiger partial charge is 0.506 e. The molecule has 0 unspecified atom stereocenters. The quantitative estimate of drug-likeness (QED) is 0.641. The molecule has 1 atom stereocenters. The minimum atomic E-state index is -0.482. The molecule has 1 aromatic rings. The first-order chi connectivity index (χ1) is 9.02. The minimum Gasteiger partial charge on any atom is -0.506 e. The smallest absolute Gasteiger partial charge is 0.278 e. The Balaban J connectivity index is 0.00000200. The second-order valence-corrected chi connectivity index (χ2v) is 4.96. The third-order valence-electron chi connectivity index (χ3n) is 3.46. The maximum absolute atomic E-state index is 11.1. The molecule has 0 spiro atoms. The lowest BCUT2D eigenvalue weighted by Gasteiger charge is -2.33. The fraction of sp³-hybridized carbons (Fsp3) is 0.500. The van der Waals surface area contributed by atoms with Crippen LogP contribution in [0.25, 0.3) is 0 Å². The molecular formula is C12H18Cl3N3O3. The van der Waals surface area contributed by atoms with Crippen molar-refractivity contribution in [1.82, 2.24) is 10.2 Å². The highest BCUT2D eigenvalue weighted by molar-refractivity contribution is 6.32. The number of phenols is 1. The van der Waals surface area contributed by atoms with Crippen molar-refractivity contribution in [2.75, 3.05) is 26.2 Å². The van der Waals surface area contributed by atoms with Crippen LogP contribution >= 0.6 is 36.4 Å². The molecule has 6 nitrogen and oxygen atoms in total. The Morgan fingerprint density at radius 1 is 1.38 bits per heavy atom. The van der Waals surface area contributed by atoms with E-state index in [0.717, 1.165) is 26.2 Å². The molecule has 2 rings (SSSR count). The monoisotopic (exact) mass is 357 g/mol. The number of nitrogens with one attached hydrogen (secondary N) is 1. The molecule has 1 heterocycles. The summed E-state index contributed by atoms with van der Waals surface area (Å²) >= 11 is 5.87. The molecule has 0 aromatic heterocycles. The van der Waals surface area contributed by atoms with E-state index in [2.05, 4.69) is 10.2 Å². The summed E-state index contributed by atoms with van der Waals surface area (Å²) in [5.74, 6) is -0.193. The number of piperazine rings is 1. The summed E-state index contributed by atoms with van der Waals surface area (Å²) in [5, 5.41) is 24.5. The maximum atomic E-state index is 11.1. The zero-order valence-corrected chi connectivity index (χ0v) is 13.8. The first kappa shape index (κ1) is 20.2. The lowest BCUT2D eigenvalue weighted by atomic mass is 10.0. The third kappa shape index (κ3) is 4.34. The molecule has 120 valence electrons. The highest BCUT2D eigenvalue weighted by Crippen LogP contribution is 2.40. The number of hydrogen-bond acceptors (Lipinski definition) is 5. The van der Waals surface area contributed by atoms with Crippen LogP contribution in [-0.4, -0.2) is 41.1 Å². The average molecular weight is 359 g/mol. The molecule has 1 fully saturated rings. The van der Waals surface area contributed by atoms with Crippen molar-refractivity contribution in [3.05, 3.63) is 32.8 Å². The van der Waals surface area contributed by atoms with Gasteiger partial charge in [-0.3, -0.25) is 15.0 Å². The van der Waals surface area contributed by atoms with E-state index in [-0.39, 0.29) is 47.3 Å². The number of halogens is 3. The van der Waals surface area contributed by atoms with Crippen molar-refractivity contribution >= 4 is 42.1 Å². The molecule has 0 amide bonds. The number of aromatic hydroxyl groups is 1. The molecular weight excluding hydrogens is 341 g/mol. The molecule has 0 aliphatic carbocycles. The first-order valence-electron chi connectivity index (χ1n) is 6.13. The molecule has 0 bridgehead atoms. The second kappa shape index (κ2) is 8.60. The van der Waals surface area contributed by atoms with Crippen LogP contribution in [0.15, 0.2) is 12.1 Å². The maximum Gasteiger partial charge on any atom is 0.278 e. The van der Waals surface area contributed by atoms with Crippen molar-refractivity contribution < 1.29 is 10.0 Å². The van der Waals surface area contributed by atoms with Crippen LogP contribution in [0.4, 0.5) is 5.69 Å². The van der Waals surface area contributed by atoms with Crippen LogP contribution in [0.5, 0.6) is 5.75 Å². The second-order valence-electron chi connectivity index (χ2n) is 4.55. The predicted molar refractivity (Wildman–Crippen MR) is 87.1 cm³/mol. The van der Waals surface area contributed by atoms with E-state index in [4.69, 9.17) is 11.6 Å². The standard InChI is InChI=1S/C12H16ClN3O3.2ClH/c1-8(15-6-4-14-5-7-15)11-10(16(18)19)3-2-9(13)12(11)17;;/h2-3,8,14,17H,4-7H2,1H3;2*1H/t8-;;/m0../s1. The molecule has 2 N–H and O–H groups in total. The van der Waals surface area contributed by atoms with Gasteiger partial charge in [0, 0.05) is 38.3 Å². The summed E-state index contributed by atoms with van der Waals surface area (Å²) in [5.41, 5.74) is 0.201. The lowest BCUT2D eigenvalue weighted by Crippen LogP contribution is -2.44. The van der Waals surface area contributed by atoms with Crippen molar-refractivity contribution in [3.63, 3.8) is 0 Å². The number of hydrogen-bond donors (Lipinski definition) is 2. The minimum absolute atomic E-state index is 0. The molecule has 1 saturated heterocycles. The molecule has 0 saturated carbocycles. The van der Waals surface area contributed by atoms with Crippen LogP contribution in [0, 0.1) is 10.1 Å². The number of nitro groups is 1. The number of benzene rings is 1. The predicted octanol–water partition coefficient (Wildman–Crippen LogP) is 2.76. The molecule has 1 aromatic carbocycles. The van der Waals surface area contributed by atoms with Gasteiger partial charge in [-0.05, 0) is 13.0 Å². The van der Waals surface area contributed by atoms with Crippen LogP contribution in [0.3, 0.4) is 0 Å². The summed E-state index contributed by atoms with van der Waals surface area (Å²) in [6.45, 7) is 5.08. The molecule has 1 aliphatic rings. The number of nitro benzene ring substituents is 1. The number of phenolic OH excluding ortho intramolecular Hbond substituents is 1. The van der Waals surface area contributed by atoms with Crippen LogP contribution in [-0.2, 0) is 0 Å². The van der Waals surface area contributed by atoms with Gasteiger partial charge in [-0.25, -0.2) is 0 Å². The van der Waals surface area contributed by atoms with Gasteiger partial charge in [0.05, 0.1) is 15.5 Å². The fourth-order valence-corrected chi connectivity index (χ4v) is 2.56. The van der Waals surface area contributed by atoms with Gasteiger partial charge < -0.3 is 10.4 Å². The van der Waals surface area contributed by atoms with Crippen LogP contribution in [0.2, 0.25) is 5.02 Å².